The van der Waals surface area contributed by atoms with Crippen molar-refractivity contribution < 1.29 is 19.1 Å². The molecule has 0 saturated carbocycles. The summed E-state index contributed by atoms with van der Waals surface area (Å²) in [4.78, 5) is 38.1. The normalized spacial score (nSPS) is 21.2. The summed E-state index contributed by atoms with van der Waals surface area (Å²) in [6.07, 6.45) is -0.0434. The molecule has 2 heterocycles. The second kappa shape index (κ2) is 5.67. The molecule has 1 atom stereocenters. The molecule has 2 saturated heterocycles. The van der Waals surface area contributed by atoms with Crippen LogP contribution in [-0.2, 0) is 9.53 Å². The quantitative estimate of drug-likeness (QED) is 0.899. The first-order valence-electron chi connectivity index (χ1n) is 7.16. The van der Waals surface area contributed by atoms with E-state index in [9.17, 15) is 14.4 Å². The Morgan fingerprint density at radius 1 is 1.27 bits per heavy atom. The molecule has 116 valence electrons. The van der Waals surface area contributed by atoms with Crippen molar-refractivity contribution >= 4 is 23.7 Å². The zero-order chi connectivity index (χ0) is 15.7. The third kappa shape index (κ3) is 2.74. The average Bonchev–Trinajstić information content (AvgIpc) is 3.08. The number of hydrogen-bond acceptors (Lipinski definition) is 4. The third-order valence-corrected chi connectivity index (χ3v) is 3.90. The number of cyclic esters (lactones) is 1. The van der Waals surface area contributed by atoms with Crippen molar-refractivity contribution in [2.75, 3.05) is 25.0 Å². The molecule has 1 aromatic carbocycles. The molecule has 0 bridgehead atoms. The number of carbonyl (C=O) groups excluding carboxylic acids is 3. The van der Waals surface area contributed by atoms with Crippen LogP contribution in [0.5, 0.6) is 0 Å². The second-order valence-corrected chi connectivity index (χ2v) is 5.50. The number of urea groups is 1. The Morgan fingerprint density at radius 3 is 2.64 bits per heavy atom. The highest BCUT2D eigenvalue weighted by molar-refractivity contribution is 5.98. The summed E-state index contributed by atoms with van der Waals surface area (Å²) in [5.74, 6) is -0.337. The highest BCUT2D eigenvalue weighted by Gasteiger charge is 2.41. The Hall–Kier alpha value is -2.57. The first-order chi connectivity index (χ1) is 10.5. The summed E-state index contributed by atoms with van der Waals surface area (Å²) in [6, 6.07) is 6.98. The minimum Gasteiger partial charge on any atom is -0.439 e. The molecule has 2 fully saturated rings. The molecule has 0 aliphatic carbocycles. The van der Waals surface area contributed by atoms with Gasteiger partial charge >= 0.3 is 12.1 Å². The number of nitrogens with one attached hydrogen (secondary N) is 1. The molecule has 4 amide bonds. The molecule has 0 radical (unpaired) electrons. The smallest absolute Gasteiger partial charge is 0.417 e. The van der Waals surface area contributed by atoms with Crippen molar-refractivity contribution in [2.24, 2.45) is 0 Å². The molecule has 1 aromatic rings. The molecule has 0 aromatic heterocycles. The van der Waals surface area contributed by atoms with E-state index >= 15 is 0 Å². The summed E-state index contributed by atoms with van der Waals surface area (Å²) in [6.45, 7) is 2.60. The summed E-state index contributed by atoms with van der Waals surface area (Å²) in [5.41, 5.74) is 1.83. The lowest BCUT2D eigenvalue weighted by atomic mass is 10.2. The van der Waals surface area contributed by atoms with Crippen LogP contribution in [0.1, 0.15) is 12.0 Å². The van der Waals surface area contributed by atoms with E-state index in [1.54, 1.807) is 4.90 Å². The Kier molecular flexibility index (Phi) is 3.70. The van der Waals surface area contributed by atoms with Crippen LogP contribution in [0.2, 0.25) is 0 Å². The van der Waals surface area contributed by atoms with Gasteiger partial charge in [-0.3, -0.25) is 4.79 Å². The molecule has 1 unspecified atom stereocenters. The van der Waals surface area contributed by atoms with Crippen LogP contribution in [0.3, 0.4) is 0 Å². The standard InChI is InChI=1S/C15H17N3O4/c1-10-2-4-11(5-3-10)16-14(20)17-7-6-12(8-17)18-13(19)9-22-15(18)21/h2-5,12H,6-9H2,1H3,(H,16,20). The fraction of sp³-hybridized carbons (Fsp3) is 0.400. The molecule has 22 heavy (non-hydrogen) atoms. The van der Waals surface area contributed by atoms with E-state index in [2.05, 4.69) is 5.32 Å². The van der Waals surface area contributed by atoms with Gasteiger partial charge in [0.15, 0.2) is 6.61 Å². The van der Waals surface area contributed by atoms with Crippen LogP contribution < -0.4 is 5.32 Å². The van der Waals surface area contributed by atoms with Gasteiger partial charge in [0.05, 0.1) is 6.04 Å². The monoisotopic (exact) mass is 303 g/mol. The first-order valence-corrected chi connectivity index (χ1v) is 7.16. The van der Waals surface area contributed by atoms with Gasteiger partial charge in [0.25, 0.3) is 5.91 Å². The minimum absolute atomic E-state index is 0.203. The van der Waals surface area contributed by atoms with E-state index < -0.39 is 6.09 Å². The molecule has 7 heteroatoms. The number of ether oxygens (including phenoxy) is 1. The van der Waals surface area contributed by atoms with Crippen molar-refractivity contribution in [3.05, 3.63) is 29.8 Å². The number of rotatable bonds is 2. The lowest BCUT2D eigenvalue weighted by molar-refractivity contribution is -0.127. The average molecular weight is 303 g/mol. The lowest BCUT2D eigenvalue weighted by Gasteiger charge is -2.20. The number of hydrogen-bond donors (Lipinski definition) is 1. The molecule has 2 aliphatic heterocycles. The van der Waals surface area contributed by atoms with Crippen molar-refractivity contribution in [1.29, 1.82) is 0 Å². The van der Waals surface area contributed by atoms with E-state index in [0.29, 0.717) is 19.5 Å². The molecule has 0 spiro atoms. The van der Waals surface area contributed by atoms with Crippen LogP contribution in [0.4, 0.5) is 15.3 Å². The highest BCUT2D eigenvalue weighted by Crippen LogP contribution is 2.21. The van der Waals surface area contributed by atoms with E-state index in [-0.39, 0.29) is 24.6 Å². The number of imide groups is 1. The predicted molar refractivity (Wildman–Crippen MR) is 78.4 cm³/mol. The maximum Gasteiger partial charge on any atom is 0.417 e. The van der Waals surface area contributed by atoms with Crippen molar-refractivity contribution in [2.45, 2.75) is 19.4 Å². The molecular weight excluding hydrogens is 286 g/mol. The van der Waals surface area contributed by atoms with Gasteiger partial charge in [0.1, 0.15) is 0 Å². The largest absolute Gasteiger partial charge is 0.439 e. The summed E-state index contributed by atoms with van der Waals surface area (Å²) < 4.78 is 4.71. The number of amides is 4. The molecular formula is C15H17N3O4. The molecule has 7 nitrogen and oxygen atoms in total. The first kappa shape index (κ1) is 14.4. The topological polar surface area (TPSA) is 79.0 Å². The van der Waals surface area contributed by atoms with Crippen molar-refractivity contribution in [1.82, 2.24) is 9.80 Å². The highest BCUT2D eigenvalue weighted by atomic mass is 16.6. The second-order valence-electron chi connectivity index (χ2n) is 5.50. The van der Waals surface area contributed by atoms with Crippen LogP contribution >= 0.6 is 0 Å². The van der Waals surface area contributed by atoms with E-state index in [1.807, 2.05) is 31.2 Å². The van der Waals surface area contributed by atoms with E-state index in [0.717, 1.165) is 16.2 Å². The number of anilines is 1. The fourth-order valence-electron chi connectivity index (χ4n) is 2.69. The fourth-order valence-corrected chi connectivity index (χ4v) is 2.69. The Bertz CT molecular complexity index is 598. The maximum atomic E-state index is 12.2. The van der Waals surface area contributed by atoms with Crippen molar-refractivity contribution in [3.8, 4) is 0 Å². The van der Waals surface area contributed by atoms with Crippen molar-refractivity contribution in [3.63, 3.8) is 0 Å². The number of benzene rings is 1. The number of aryl methyl sites for hydroxylation is 1. The molecule has 2 aliphatic rings. The lowest BCUT2D eigenvalue weighted by Crippen LogP contribution is -2.42. The number of nitrogens with zero attached hydrogens (tertiary/aromatic N) is 2. The minimum atomic E-state index is -0.615. The SMILES string of the molecule is Cc1ccc(NC(=O)N2CCC(N3C(=O)COC3=O)C2)cc1. The summed E-state index contributed by atoms with van der Waals surface area (Å²) in [5, 5.41) is 2.81. The van der Waals surface area contributed by atoms with E-state index in [4.69, 9.17) is 4.74 Å². The molecule has 1 N–H and O–H groups in total. The third-order valence-electron chi connectivity index (χ3n) is 3.90. The Morgan fingerprint density at radius 2 is 2.00 bits per heavy atom. The van der Waals surface area contributed by atoms with E-state index in [1.165, 1.54) is 0 Å². The van der Waals surface area contributed by atoms with Gasteiger partial charge in [0.2, 0.25) is 0 Å². The van der Waals surface area contributed by atoms with Crippen LogP contribution in [0.15, 0.2) is 24.3 Å². The molecule has 3 rings (SSSR count). The van der Waals surface area contributed by atoms with Gasteiger partial charge in [-0.2, -0.15) is 0 Å². The summed E-state index contributed by atoms with van der Waals surface area (Å²) in [7, 11) is 0. The zero-order valence-electron chi connectivity index (χ0n) is 12.2. The number of carbonyl (C=O) groups is 3. The van der Waals surface area contributed by atoms with Gasteiger partial charge in [0, 0.05) is 18.8 Å². The van der Waals surface area contributed by atoms with Crippen LogP contribution in [-0.4, -0.2) is 53.6 Å². The maximum absolute atomic E-state index is 12.2. The van der Waals surface area contributed by atoms with Crippen LogP contribution in [0.25, 0.3) is 0 Å². The zero-order valence-corrected chi connectivity index (χ0v) is 12.2. The van der Waals surface area contributed by atoms with Gasteiger partial charge in [-0.05, 0) is 25.5 Å². The predicted octanol–water partition coefficient (Wildman–Crippen LogP) is 1.58. The van der Waals surface area contributed by atoms with Gasteiger partial charge in [-0.1, -0.05) is 17.7 Å². The van der Waals surface area contributed by atoms with Gasteiger partial charge in [-0.25, -0.2) is 14.5 Å². The van der Waals surface area contributed by atoms with Gasteiger partial charge in [-0.15, -0.1) is 0 Å². The Labute approximate surface area is 127 Å². The summed E-state index contributed by atoms with van der Waals surface area (Å²) >= 11 is 0. The van der Waals surface area contributed by atoms with Gasteiger partial charge < -0.3 is 15.0 Å². The Balaban J connectivity index is 1.60. The van der Waals surface area contributed by atoms with Crippen LogP contribution in [0, 0.1) is 6.92 Å². The number of likely N-dealkylation sites (tertiary alicyclic amines) is 1.